The fourth-order valence-corrected chi connectivity index (χ4v) is 2.09. The summed E-state index contributed by atoms with van der Waals surface area (Å²) in [6.45, 7) is 6.28. The molecule has 2 aromatic rings. The van der Waals surface area contributed by atoms with Crippen molar-refractivity contribution >= 4 is 5.97 Å². The third kappa shape index (κ3) is 3.47. The summed E-state index contributed by atoms with van der Waals surface area (Å²) in [5.41, 5.74) is 4.32. The lowest BCUT2D eigenvalue weighted by Crippen LogP contribution is -2.06. The van der Waals surface area contributed by atoms with Gasteiger partial charge in [-0.15, -0.1) is 0 Å². The Balaban J connectivity index is 2.14. The molecule has 1 aromatic heterocycles. The van der Waals surface area contributed by atoms with Crippen LogP contribution in [-0.2, 0) is 16.0 Å². The second kappa shape index (κ2) is 6.37. The number of aromatic nitrogens is 2. The number of rotatable bonds is 5. The van der Waals surface area contributed by atoms with Crippen LogP contribution in [0.15, 0.2) is 30.5 Å². The molecule has 0 bridgehead atoms. The molecule has 0 aliphatic carbocycles. The van der Waals surface area contributed by atoms with E-state index in [2.05, 4.69) is 30.2 Å². The van der Waals surface area contributed by atoms with Gasteiger partial charge in [0.05, 0.1) is 18.0 Å². The molecule has 4 heteroatoms. The van der Waals surface area contributed by atoms with E-state index in [-0.39, 0.29) is 5.97 Å². The lowest BCUT2D eigenvalue weighted by Gasteiger charge is -2.09. The second-order valence-electron chi connectivity index (χ2n) is 4.83. The van der Waals surface area contributed by atoms with E-state index >= 15 is 0 Å². The average Bonchev–Trinajstić information content (AvgIpc) is 2.84. The molecule has 1 aromatic carbocycles. The second-order valence-corrected chi connectivity index (χ2v) is 4.83. The van der Waals surface area contributed by atoms with Gasteiger partial charge in [0.15, 0.2) is 0 Å². The van der Waals surface area contributed by atoms with Crippen LogP contribution in [0.25, 0.3) is 5.69 Å². The van der Waals surface area contributed by atoms with E-state index in [9.17, 15) is 4.79 Å². The smallest absolute Gasteiger partial charge is 0.306 e. The Kier molecular flexibility index (Phi) is 4.56. The van der Waals surface area contributed by atoms with Gasteiger partial charge < -0.3 is 4.74 Å². The SMILES string of the molecule is CCOC(=O)CCc1ccc(C)c(-n2ccc(C)n2)c1. The molecule has 0 fully saturated rings. The summed E-state index contributed by atoms with van der Waals surface area (Å²) in [5.74, 6) is -0.149. The number of carbonyl (C=O) groups excluding carboxylic acids is 1. The minimum absolute atomic E-state index is 0.149. The highest BCUT2D eigenvalue weighted by molar-refractivity contribution is 5.69. The normalized spacial score (nSPS) is 10.6. The van der Waals surface area contributed by atoms with Gasteiger partial charge in [0.1, 0.15) is 0 Å². The van der Waals surface area contributed by atoms with Gasteiger partial charge in [-0.3, -0.25) is 4.79 Å². The summed E-state index contributed by atoms with van der Waals surface area (Å²) in [7, 11) is 0. The van der Waals surface area contributed by atoms with E-state index in [1.807, 2.05) is 30.8 Å². The summed E-state index contributed by atoms with van der Waals surface area (Å²) in [5, 5.41) is 4.43. The zero-order valence-electron chi connectivity index (χ0n) is 12.2. The average molecular weight is 272 g/mol. The van der Waals surface area contributed by atoms with Gasteiger partial charge in [0.25, 0.3) is 0 Å². The van der Waals surface area contributed by atoms with E-state index in [1.54, 1.807) is 0 Å². The third-order valence-corrected chi connectivity index (χ3v) is 3.17. The van der Waals surface area contributed by atoms with Crippen LogP contribution in [0.4, 0.5) is 0 Å². The summed E-state index contributed by atoms with van der Waals surface area (Å²) < 4.78 is 6.82. The van der Waals surface area contributed by atoms with E-state index in [4.69, 9.17) is 4.74 Å². The molecule has 0 N–H and O–H groups in total. The van der Waals surface area contributed by atoms with E-state index in [0.29, 0.717) is 19.4 Å². The quantitative estimate of drug-likeness (QED) is 0.786. The first kappa shape index (κ1) is 14.3. The van der Waals surface area contributed by atoms with Gasteiger partial charge in [0, 0.05) is 12.6 Å². The first-order valence-electron chi connectivity index (χ1n) is 6.88. The predicted octanol–water partition coefficient (Wildman–Crippen LogP) is 2.98. The lowest BCUT2D eigenvalue weighted by atomic mass is 10.1. The van der Waals surface area contributed by atoms with Crippen LogP contribution in [-0.4, -0.2) is 22.4 Å². The Labute approximate surface area is 119 Å². The van der Waals surface area contributed by atoms with Crippen LogP contribution in [0.1, 0.15) is 30.2 Å². The monoisotopic (exact) mass is 272 g/mol. The minimum Gasteiger partial charge on any atom is -0.466 e. The van der Waals surface area contributed by atoms with Crippen molar-refractivity contribution in [3.8, 4) is 5.69 Å². The number of benzene rings is 1. The Bertz CT molecular complexity index is 602. The summed E-state index contributed by atoms with van der Waals surface area (Å²) in [4.78, 5) is 11.4. The van der Waals surface area contributed by atoms with Crippen molar-refractivity contribution in [1.82, 2.24) is 9.78 Å². The molecule has 0 amide bonds. The zero-order chi connectivity index (χ0) is 14.5. The first-order valence-corrected chi connectivity index (χ1v) is 6.88. The zero-order valence-corrected chi connectivity index (χ0v) is 12.2. The summed E-state index contributed by atoms with van der Waals surface area (Å²) in [6.07, 6.45) is 3.05. The molecule has 0 saturated carbocycles. The number of hydrogen-bond acceptors (Lipinski definition) is 3. The molecule has 0 saturated heterocycles. The summed E-state index contributed by atoms with van der Waals surface area (Å²) >= 11 is 0. The van der Waals surface area contributed by atoms with Crippen LogP contribution < -0.4 is 0 Å². The maximum atomic E-state index is 11.4. The Morgan fingerprint density at radius 2 is 2.10 bits per heavy atom. The van der Waals surface area contributed by atoms with Crippen molar-refractivity contribution in [2.75, 3.05) is 6.61 Å². The van der Waals surface area contributed by atoms with Gasteiger partial charge in [-0.25, -0.2) is 4.68 Å². The third-order valence-electron chi connectivity index (χ3n) is 3.17. The van der Waals surface area contributed by atoms with Crippen molar-refractivity contribution < 1.29 is 9.53 Å². The molecule has 0 aliphatic heterocycles. The Hall–Kier alpha value is -2.10. The number of nitrogens with zero attached hydrogens (tertiary/aromatic N) is 2. The molecule has 20 heavy (non-hydrogen) atoms. The molecular weight excluding hydrogens is 252 g/mol. The standard InChI is InChI=1S/C16H20N2O2/c1-4-20-16(19)8-7-14-6-5-12(2)15(11-14)18-10-9-13(3)17-18/h5-6,9-11H,4,7-8H2,1-3H3. The first-order chi connectivity index (χ1) is 9.60. The molecule has 0 atom stereocenters. The molecule has 1 heterocycles. The fraction of sp³-hybridized carbons (Fsp3) is 0.375. The number of esters is 1. The van der Waals surface area contributed by atoms with Crippen LogP contribution >= 0.6 is 0 Å². The van der Waals surface area contributed by atoms with Gasteiger partial charge >= 0.3 is 5.97 Å². The van der Waals surface area contributed by atoms with Crippen LogP contribution in [0.5, 0.6) is 0 Å². The summed E-state index contributed by atoms with van der Waals surface area (Å²) in [6, 6.07) is 8.17. The lowest BCUT2D eigenvalue weighted by molar-refractivity contribution is -0.143. The highest BCUT2D eigenvalue weighted by Crippen LogP contribution is 2.17. The topological polar surface area (TPSA) is 44.1 Å². The minimum atomic E-state index is -0.149. The maximum absolute atomic E-state index is 11.4. The maximum Gasteiger partial charge on any atom is 0.306 e. The molecular formula is C16H20N2O2. The van der Waals surface area contributed by atoms with E-state index < -0.39 is 0 Å². The van der Waals surface area contributed by atoms with Crippen molar-refractivity contribution in [3.05, 3.63) is 47.3 Å². The van der Waals surface area contributed by atoms with Crippen molar-refractivity contribution in [3.63, 3.8) is 0 Å². The van der Waals surface area contributed by atoms with Crippen LogP contribution in [0.3, 0.4) is 0 Å². The Morgan fingerprint density at radius 1 is 1.30 bits per heavy atom. The molecule has 106 valence electrons. The van der Waals surface area contributed by atoms with Gasteiger partial charge in [-0.2, -0.15) is 5.10 Å². The fourth-order valence-electron chi connectivity index (χ4n) is 2.09. The molecule has 0 spiro atoms. The number of aryl methyl sites for hydroxylation is 3. The number of carbonyl (C=O) groups is 1. The molecule has 0 radical (unpaired) electrons. The van der Waals surface area contributed by atoms with Crippen LogP contribution in [0.2, 0.25) is 0 Å². The predicted molar refractivity (Wildman–Crippen MR) is 78.0 cm³/mol. The van der Waals surface area contributed by atoms with Crippen LogP contribution in [0, 0.1) is 13.8 Å². The molecule has 4 nitrogen and oxygen atoms in total. The number of hydrogen-bond donors (Lipinski definition) is 0. The number of ether oxygens (including phenoxy) is 1. The molecule has 0 aliphatic rings. The highest BCUT2D eigenvalue weighted by atomic mass is 16.5. The van der Waals surface area contributed by atoms with Crippen molar-refractivity contribution in [2.45, 2.75) is 33.6 Å². The molecule has 2 rings (SSSR count). The van der Waals surface area contributed by atoms with Gasteiger partial charge in [0.2, 0.25) is 0 Å². The largest absolute Gasteiger partial charge is 0.466 e. The van der Waals surface area contributed by atoms with Gasteiger partial charge in [-0.05, 0) is 50.5 Å². The van der Waals surface area contributed by atoms with Gasteiger partial charge in [-0.1, -0.05) is 12.1 Å². The van der Waals surface area contributed by atoms with E-state index in [1.165, 1.54) is 0 Å². The molecule has 0 unspecified atom stereocenters. The Morgan fingerprint density at radius 3 is 2.75 bits per heavy atom. The highest BCUT2D eigenvalue weighted by Gasteiger charge is 2.07. The van der Waals surface area contributed by atoms with Crippen molar-refractivity contribution in [2.24, 2.45) is 0 Å². The van der Waals surface area contributed by atoms with Crippen molar-refractivity contribution in [1.29, 1.82) is 0 Å². The van der Waals surface area contributed by atoms with E-state index in [0.717, 1.165) is 22.5 Å².